The summed E-state index contributed by atoms with van der Waals surface area (Å²) in [5.41, 5.74) is 4.42. The van der Waals surface area contributed by atoms with Crippen LogP contribution in [0.5, 0.6) is 0 Å². The van der Waals surface area contributed by atoms with E-state index in [0.717, 1.165) is 6.04 Å². The molecule has 1 heterocycles. The molecule has 3 heteroatoms. The van der Waals surface area contributed by atoms with Gasteiger partial charge in [-0.3, -0.25) is 0 Å². The Labute approximate surface area is 117 Å². The van der Waals surface area contributed by atoms with Crippen LogP contribution in [0.4, 0.5) is 0 Å². The first kappa shape index (κ1) is 12.9. The lowest BCUT2D eigenvalue weighted by Gasteiger charge is -2.20. The number of fused-ring (bicyclic) bond motifs is 1. The number of nitrogens with zero attached hydrogens (tertiary/aromatic N) is 1. The Balaban J connectivity index is 1.94. The Bertz CT molecular complexity index is 496. The quantitative estimate of drug-likeness (QED) is 0.855. The van der Waals surface area contributed by atoms with Crippen molar-refractivity contribution < 1.29 is 0 Å². The molecule has 1 aliphatic carbocycles. The van der Waals surface area contributed by atoms with Crippen molar-refractivity contribution in [3.05, 3.63) is 41.5 Å². The summed E-state index contributed by atoms with van der Waals surface area (Å²) in [6.45, 7) is 6.96. The van der Waals surface area contributed by atoms with Crippen molar-refractivity contribution in [2.75, 3.05) is 13.1 Å². The summed E-state index contributed by atoms with van der Waals surface area (Å²) in [5.74, 6) is 0.540. The van der Waals surface area contributed by atoms with Crippen LogP contribution in [0.1, 0.15) is 29.9 Å². The predicted molar refractivity (Wildman–Crippen MR) is 84.4 cm³/mol. The monoisotopic (exact) mass is 272 g/mol. The number of allylic oxidation sites excluding steroid dienone is 1. The molecule has 0 saturated carbocycles. The molecule has 19 heavy (non-hydrogen) atoms. The van der Waals surface area contributed by atoms with Gasteiger partial charge in [-0.25, -0.2) is 0 Å². The van der Waals surface area contributed by atoms with E-state index in [2.05, 4.69) is 48.3 Å². The summed E-state index contributed by atoms with van der Waals surface area (Å²) >= 11 is 0. The molecule has 1 saturated heterocycles. The number of nitrogens with two attached hydrogens (primary N) is 1. The molecule has 1 aliphatic heterocycles. The van der Waals surface area contributed by atoms with Gasteiger partial charge in [0.05, 0.1) is 0 Å². The van der Waals surface area contributed by atoms with Gasteiger partial charge in [-0.15, -0.1) is 0 Å². The highest BCUT2D eigenvalue weighted by Gasteiger charge is 2.30. The van der Waals surface area contributed by atoms with Gasteiger partial charge < -0.3 is 10.3 Å². The fraction of sp³-hybridized carbons (Fsp3) is 0.500. The van der Waals surface area contributed by atoms with Crippen LogP contribution < -0.4 is 5.40 Å². The van der Waals surface area contributed by atoms with Crippen molar-refractivity contribution in [3.8, 4) is 0 Å². The second-order valence-corrected chi connectivity index (χ2v) is 11.0. The SMILES string of the molecule is C[Si](C)(N)CC1C=C(N2CCCC2)c2ccccc21. The Morgan fingerprint density at radius 2 is 1.89 bits per heavy atom. The first-order valence-electron chi connectivity index (χ1n) is 7.39. The summed E-state index contributed by atoms with van der Waals surface area (Å²) in [4.78, 5) is 2.56. The predicted octanol–water partition coefficient (Wildman–Crippen LogP) is 3.38. The van der Waals surface area contributed by atoms with Gasteiger partial charge in [0.25, 0.3) is 0 Å². The van der Waals surface area contributed by atoms with E-state index >= 15 is 0 Å². The summed E-state index contributed by atoms with van der Waals surface area (Å²) in [7, 11) is -1.52. The fourth-order valence-electron chi connectivity index (χ4n) is 3.39. The first-order chi connectivity index (χ1) is 9.04. The lowest BCUT2D eigenvalue weighted by atomic mass is 10.0. The normalized spacial score (nSPS) is 22.6. The molecule has 3 rings (SSSR count). The van der Waals surface area contributed by atoms with Crippen LogP contribution in [-0.4, -0.2) is 26.2 Å². The topological polar surface area (TPSA) is 29.3 Å². The van der Waals surface area contributed by atoms with E-state index in [9.17, 15) is 0 Å². The third kappa shape index (κ3) is 2.63. The van der Waals surface area contributed by atoms with E-state index < -0.39 is 8.24 Å². The van der Waals surface area contributed by atoms with Crippen LogP contribution in [0, 0.1) is 0 Å². The number of benzene rings is 1. The maximum Gasteiger partial charge on any atom is 0.117 e. The van der Waals surface area contributed by atoms with Gasteiger partial charge >= 0.3 is 0 Å². The van der Waals surface area contributed by atoms with Crippen LogP contribution in [0.3, 0.4) is 0 Å². The van der Waals surface area contributed by atoms with E-state index in [1.165, 1.54) is 42.8 Å². The Hall–Kier alpha value is -1.06. The zero-order chi connectivity index (χ0) is 13.5. The molecule has 1 fully saturated rings. The maximum atomic E-state index is 6.37. The van der Waals surface area contributed by atoms with Gasteiger partial charge in [-0.05, 0) is 24.4 Å². The molecule has 2 nitrogen and oxygen atoms in total. The lowest BCUT2D eigenvalue weighted by molar-refractivity contribution is 0.493. The molecule has 102 valence electrons. The molecule has 0 aromatic heterocycles. The smallest absolute Gasteiger partial charge is 0.117 e. The largest absolute Gasteiger partial charge is 0.371 e. The molecule has 0 bridgehead atoms. The fourth-order valence-corrected chi connectivity index (χ4v) is 4.86. The van der Waals surface area contributed by atoms with Crippen molar-refractivity contribution in [3.63, 3.8) is 0 Å². The lowest BCUT2D eigenvalue weighted by Crippen LogP contribution is -2.39. The van der Waals surface area contributed by atoms with Crippen molar-refractivity contribution in [1.82, 2.24) is 4.90 Å². The second kappa shape index (κ2) is 4.80. The summed E-state index contributed by atoms with van der Waals surface area (Å²) in [6.07, 6.45) is 5.15. The highest BCUT2D eigenvalue weighted by molar-refractivity contribution is 6.74. The molecular formula is C16H24N2Si. The molecule has 1 atom stereocenters. The average Bonchev–Trinajstić information content (AvgIpc) is 2.95. The van der Waals surface area contributed by atoms with Crippen LogP contribution in [-0.2, 0) is 0 Å². The zero-order valence-electron chi connectivity index (χ0n) is 12.0. The molecular weight excluding hydrogens is 248 g/mol. The van der Waals surface area contributed by atoms with E-state index in [4.69, 9.17) is 5.40 Å². The van der Waals surface area contributed by atoms with Crippen LogP contribution in [0.15, 0.2) is 30.3 Å². The van der Waals surface area contributed by atoms with Gasteiger partial charge in [0, 0.05) is 30.3 Å². The van der Waals surface area contributed by atoms with Gasteiger partial charge in [-0.2, -0.15) is 0 Å². The summed E-state index contributed by atoms with van der Waals surface area (Å²) in [5, 5.41) is 6.37. The molecule has 0 radical (unpaired) electrons. The van der Waals surface area contributed by atoms with Gasteiger partial charge in [-0.1, -0.05) is 43.4 Å². The average molecular weight is 272 g/mol. The molecule has 1 unspecified atom stereocenters. The summed E-state index contributed by atoms with van der Waals surface area (Å²) < 4.78 is 0. The Morgan fingerprint density at radius 1 is 1.21 bits per heavy atom. The highest BCUT2D eigenvalue weighted by Crippen LogP contribution is 2.41. The Morgan fingerprint density at radius 3 is 2.58 bits per heavy atom. The molecule has 0 amide bonds. The van der Waals surface area contributed by atoms with Crippen LogP contribution >= 0.6 is 0 Å². The van der Waals surface area contributed by atoms with Crippen molar-refractivity contribution >= 4 is 13.9 Å². The number of hydrogen-bond acceptors (Lipinski definition) is 2. The second-order valence-electron chi connectivity index (χ2n) is 6.63. The minimum atomic E-state index is -1.52. The maximum absolute atomic E-state index is 6.37. The molecule has 1 aromatic rings. The highest BCUT2D eigenvalue weighted by atomic mass is 28.3. The van der Waals surface area contributed by atoms with Crippen LogP contribution in [0.25, 0.3) is 5.70 Å². The number of rotatable bonds is 3. The van der Waals surface area contributed by atoms with E-state index in [0.29, 0.717) is 5.92 Å². The van der Waals surface area contributed by atoms with E-state index in [-0.39, 0.29) is 0 Å². The van der Waals surface area contributed by atoms with E-state index in [1.54, 1.807) is 0 Å². The number of likely N-dealkylation sites (tertiary alicyclic amines) is 1. The zero-order valence-corrected chi connectivity index (χ0v) is 13.0. The number of hydrogen-bond donors (Lipinski definition) is 1. The first-order valence-corrected chi connectivity index (χ1v) is 10.7. The third-order valence-electron chi connectivity index (χ3n) is 4.19. The van der Waals surface area contributed by atoms with Crippen molar-refractivity contribution in [2.24, 2.45) is 5.40 Å². The van der Waals surface area contributed by atoms with Crippen molar-refractivity contribution in [2.45, 2.75) is 37.9 Å². The molecule has 0 spiro atoms. The third-order valence-corrected chi connectivity index (χ3v) is 5.68. The molecule has 2 N–H and O–H groups in total. The van der Waals surface area contributed by atoms with E-state index in [1.807, 2.05) is 0 Å². The van der Waals surface area contributed by atoms with Gasteiger partial charge in [0.2, 0.25) is 0 Å². The standard InChI is InChI=1S/C16H24N2Si/c1-19(2,17)12-13-11-16(18-9-5-6-10-18)15-8-4-3-7-14(13)15/h3-4,7-8,11,13H,5-6,9-10,12,17H2,1-2H3. The molecule has 1 aromatic carbocycles. The molecule has 2 aliphatic rings. The minimum absolute atomic E-state index is 0.540. The van der Waals surface area contributed by atoms with Crippen molar-refractivity contribution in [1.29, 1.82) is 0 Å². The van der Waals surface area contributed by atoms with Crippen LogP contribution in [0.2, 0.25) is 19.1 Å². The summed E-state index contributed by atoms with van der Waals surface area (Å²) in [6, 6.07) is 10.1. The van der Waals surface area contributed by atoms with Gasteiger partial charge in [0.1, 0.15) is 8.24 Å². The minimum Gasteiger partial charge on any atom is -0.371 e. The van der Waals surface area contributed by atoms with Gasteiger partial charge in [0.15, 0.2) is 0 Å². The Kier molecular flexibility index (Phi) is 3.27.